The number of hydrogen-bond donors (Lipinski definition) is 0. The normalized spacial score (nSPS) is 9.90. The predicted molar refractivity (Wildman–Crippen MR) is 74.7 cm³/mol. The average Bonchev–Trinajstić information content (AvgIpc) is 2.43. The highest BCUT2D eigenvalue weighted by Crippen LogP contribution is 2.18. The number of alkyl halides is 1. The van der Waals surface area contributed by atoms with Gasteiger partial charge in [-0.15, -0.1) is 11.6 Å². The van der Waals surface area contributed by atoms with Gasteiger partial charge in [-0.25, -0.2) is 13.2 Å². The third kappa shape index (κ3) is 4.44. The van der Waals surface area contributed by atoms with E-state index in [-0.39, 0.29) is 23.8 Å². The van der Waals surface area contributed by atoms with Crippen LogP contribution >= 0.6 is 11.6 Å². The maximum atomic E-state index is 13.4. The van der Waals surface area contributed by atoms with Crippen LogP contribution in [0, 0.1) is 29.3 Å². The predicted octanol–water partition coefficient (Wildman–Crippen LogP) is 4.27. The Morgan fingerprint density at radius 1 is 1.00 bits per heavy atom. The zero-order valence-corrected chi connectivity index (χ0v) is 11.6. The highest BCUT2D eigenvalue weighted by Gasteiger charge is 2.06. The molecule has 0 spiro atoms. The number of hydrogen-bond acceptors (Lipinski definition) is 1. The van der Waals surface area contributed by atoms with Crippen molar-refractivity contribution in [2.75, 3.05) is 5.88 Å². The molecule has 0 bridgehead atoms. The van der Waals surface area contributed by atoms with Crippen molar-refractivity contribution >= 4 is 11.6 Å². The van der Waals surface area contributed by atoms with Crippen LogP contribution in [0.4, 0.5) is 13.2 Å². The highest BCUT2D eigenvalue weighted by molar-refractivity contribution is 6.19. The molecule has 0 atom stereocenters. The van der Waals surface area contributed by atoms with E-state index in [1.165, 1.54) is 18.2 Å². The van der Waals surface area contributed by atoms with Gasteiger partial charge >= 0.3 is 0 Å². The standard InChI is InChI=1S/C16H10ClF3O/c17-5-1-2-11-6-14(19)8-15(7-11)21-10-12-3-4-13(18)9-16(12)20/h3-4,6-9H,5,10H2. The van der Waals surface area contributed by atoms with Gasteiger partial charge in [0.25, 0.3) is 0 Å². The molecule has 0 aliphatic rings. The molecule has 21 heavy (non-hydrogen) atoms. The van der Waals surface area contributed by atoms with Crippen molar-refractivity contribution in [1.29, 1.82) is 0 Å². The first kappa shape index (κ1) is 15.3. The second-order valence-electron chi connectivity index (χ2n) is 4.14. The molecule has 0 aliphatic heterocycles. The maximum Gasteiger partial charge on any atom is 0.132 e. The largest absolute Gasteiger partial charge is 0.489 e. The molecule has 0 aromatic heterocycles. The summed E-state index contributed by atoms with van der Waals surface area (Å²) in [6.07, 6.45) is 0. The molecular formula is C16H10ClF3O. The molecule has 0 N–H and O–H groups in total. The molecular weight excluding hydrogens is 301 g/mol. The molecule has 108 valence electrons. The summed E-state index contributed by atoms with van der Waals surface area (Å²) < 4.78 is 44.9. The summed E-state index contributed by atoms with van der Waals surface area (Å²) in [5, 5.41) is 0. The SMILES string of the molecule is Fc1cc(C#CCCl)cc(OCc2ccc(F)cc2F)c1. The van der Waals surface area contributed by atoms with Gasteiger partial charge in [0.05, 0.1) is 5.88 Å². The van der Waals surface area contributed by atoms with Crippen molar-refractivity contribution in [2.45, 2.75) is 6.61 Å². The third-order valence-corrected chi connectivity index (χ3v) is 2.71. The van der Waals surface area contributed by atoms with Crippen LogP contribution in [0.25, 0.3) is 0 Å². The summed E-state index contributed by atoms with van der Waals surface area (Å²) >= 11 is 5.43. The summed E-state index contributed by atoms with van der Waals surface area (Å²) in [4.78, 5) is 0. The van der Waals surface area contributed by atoms with E-state index in [4.69, 9.17) is 16.3 Å². The number of ether oxygens (including phenoxy) is 1. The Kier molecular flexibility index (Phi) is 5.13. The monoisotopic (exact) mass is 310 g/mol. The Hall–Kier alpha value is -2.12. The quantitative estimate of drug-likeness (QED) is 0.607. The third-order valence-electron chi connectivity index (χ3n) is 2.58. The number of benzene rings is 2. The van der Waals surface area contributed by atoms with Crippen LogP contribution in [-0.2, 0) is 6.61 Å². The van der Waals surface area contributed by atoms with Gasteiger partial charge in [0.1, 0.15) is 29.8 Å². The molecule has 0 saturated heterocycles. The molecule has 2 aromatic rings. The average molecular weight is 311 g/mol. The first-order valence-electron chi connectivity index (χ1n) is 6.00. The van der Waals surface area contributed by atoms with Crippen molar-refractivity contribution in [2.24, 2.45) is 0 Å². The van der Waals surface area contributed by atoms with Gasteiger partial charge in [-0.1, -0.05) is 11.8 Å². The smallest absolute Gasteiger partial charge is 0.132 e. The van der Waals surface area contributed by atoms with Gasteiger partial charge in [0.15, 0.2) is 0 Å². The maximum absolute atomic E-state index is 13.4. The fraction of sp³-hybridized carbons (Fsp3) is 0.125. The minimum atomic E-state index is -0.714. The van der Waals surface area contributed by atoms with Crippen molar-refractivity contribution in [1.82, 2.24) is 0 Å². The second kappa shape index (κ2) is 7.05. The lowest BCUT2D eigenvalue weighted by molar-refractivity contribution is 0.298. The summed E-state index contributed by atoms with van der Waals surface area (Å²) in [6, 6.07) is 7.09. The lowest BCUT2D eigenvalue weighted by atomic mass is 10.2. The van der Waals surface area contributed by atoms with E-state index in [1.54, 1.807) is 0 Å². The van der Waals surface area contributed by atoms with Crippen LogP contribution in [0.2, 0.25) is 0 Å². The van der Waals surface area contributed by atoms with Gasteiger partial charge in [-0.05, 0) is 24.3 Å². The topological polar surface area (TPSA) is 9.23 Å². The molecule has 0 saturated carbocycles. The van der Waals surface area contributed by atoms with Gasteiger partial charge in [-0.3, -0.25) is 0 Å². The Balaban J connectivity index is 2.14. The fourth-order valence-electron chi connectivity index (χ4n) is 1.65. The summed E-state index contributed by atoms with van der Waals surface area (Å²) in [5.74, 6) is 3.70. The van der Waals surface area contributed by atoms with E-state index in [2.05, 4.69) is 11.8 Å². The Morgan fingerprint density at radius 2 is 1.81 bits per heavy atom. The molecule has 5 heteroatoms. The van der Waals surface area contributed by atoms with E-state index in [0.717, 1.165) is 18.2 Å². The molecule has 0 fully saturated rings. The Labute approximate surface area is 125 Å². The van der Waals surface area contributed by atoms with E-state index in [0.29, 0.717) is 5.56 Å². The van der Waals surface area contributed by atoms with Crippen LogP contribution in [0.1, 0.15) is 11.1 Å². The molecule has 2 aromatic carbocycles. The van der Waals surface area contributed by atoms with Crippen LogP contribution < -0.4 is 4.74 Å². The van der Waals surface area contributed by atoms with Crippen LogP contribution in [0.15, 0.2) is 36.4 Å². The van der Waals surface area contributed by atoms with E-state index < -0.39 is 17.5 Å². The molecule has 0 heterocycles. The van der Waals surface area contributed by atoms with Gasteiger partial charge < -0.3 is 4.74 Å². The first-order valence-corrected chi connectivity index (χ1v) is 6.54. The first-order chi connectivity index (χ1) is 10.1. The van der Waals surface area contributed by atoms with Crippen molar-refractivity contribution < 1.29 is 17.9 Å². The second-order valence-corrected chi connectivity index (χ2v) is 4.40. The summed E-state index contributed by atoms with van der Waals surface area (Å²) in [7, 11) is 0. The number of rotatable bonds is 3. The highest BCUT2D eigenvalue weighted by atomic mass is 35.5. The van der Waals surface area contributed by atoms with Gasteiger partial charge in [-0.2, -0.15) is 0 Å². The van der Waals surface area contributed by atoms with E-state index in [9.17, 15) is 13.2 Å². The molecule has 0 aliphatic carbocycles. The fourth-order valence-corrected chi connectivity index (χ4v) is 1.72. The van der Waals surface area contributed by atoms with Crippen LogP contribution in [0.5, 0.6) is 5.75 Å². The molecule has 1 nitrogen and oxygen atoms in total. The zero-order chi connectivity index (χ0) is 15.2. The summed E-state index contributed by atoms with van der Waals surface area (Å²) in [5.41, 5.74) is 0.583. The minimum absolute atomic E-state index is 0.132. The van der Waals surface area contributed by atoms with Crippen molar-refractivity contribution in [3.05, 3.63) is 65.0 Å². The number of halogens is 4. The van der Waals surface area contributed by atoms with Crippen molar-refractivity contribution in [3.63, 3.8) is 0 Å². The lowest BCUT2D eigenvalue weighted by Crippen LogP contribution is -1.99. The molecule has 0 amide bonds. The Bertz CT molecular complexity index is 704. The van der Waals surface area contributed by atoms with Crippen LogP contribution in [0.3, 0.4) is 0 Å². The minimum Gasteiger partial charge on any atom is -0.489 e. The van der Waals surface area contributed by atoms with E-state index >= 15 is 0 Å². The van der Waals surface area contributed by atoms with Gasteiger partial charge in [0, 0.05) is 23.3 Å². The zero-order valence-electron chi connectivity index (χ0n) is 10.8. The molecule has 0 unspecified atom stereocenters. The van der Waals surface area contributed by atoms with Crippen molar-refractivity contribution in [3.8, 4) is 17.6 Å². The van der Waals surface area contributed by atoms with E-state index in [1.807, 2.05) is 0 Å². The molecule has 0 radical (unpaired) electrons. The van der Waals surface area contributed by atoms with Gasteiger partial charge in [0.2, 0.25) is 0 Å². The molecule has 2 rings (SSSR count). The Morgan fingerprint density at radius 3 is 2.52 bits per heavy atom. The lowest BCUT2D eigenvalue weighted by Gasteiger charge is -2.08. The summed E-state index contributed by atoms with van der Waals surface area (Å²) in [6.45, 7) is -0.141. The van der Waals surface area contributed by atoms with Crippen LogP contribution in [-0.4, -0.2) is 5.88 Å².